The summed E-state index contributed by atoms with van der Waals surface area (Å²) >= 11 is 0. The third-order valence-electron chi connectivity index (χ3n) is 8.53. The van der Waals surface area contributed by atoms with Crippen molar-refractivity contribution in [1.82, 2.24) is 4.90 Å². The molecule has 0 N–H and O–H groups in total. The number of halogens is 1. The van der Waals surface area contributed by atoms with Gasteiger partial charge in [-0.25, -0.2) is 4.39 Å². The van der Waals surface area contributed by atoms with Gasteiger partial charge >= 0.3 is 0 Å². The number of nitrogens with zero attached hydrogens (tertiary/aromatic N) is 1. The first-order valence-corrected chi connectivity index (χ1v) is 13.3. The Balaban J connectivity index is 1.11. The van der Waals surface area contributed by atoms with Crippen LogP contribution in [-0.4, -0.2) is 51.0 Å². The third kappa shape index (κ3) is 4.34. The number of likely N-dealkylation sites (tertiary alicyclic amines) is 1. The van der Waals surface area contributed by atoms with Gasteiger partial charge in [-0.2, -0.15) is 0 Å². The fourth-order valence-corrected chi connectivity index (χ4v) is 6.80. The molecule has 5 nitrogen and oxygen atoms in total. The molecule has 3 fully saturated rings. The average Bonchev–Trinajstić information content (AvgIpc) is 3.56. The van der Waals surface area contributed by atoms with E-state index in [2.05, 4.69) is 29.2 Å². The van der Waals surface area contributed by atoms with Crippen molar-refractivity contribution in [3.63, 3.8) is 0 Å². The van der Waals surface area contributed by atoms with Crippen LogP contribution in [0.4, 0.5) is 4.39 Å². The summed E-state index contributed by atoms with van der Waals surface area (Å²) in [5.74, 6) is -0.919. The predicted octanol–water partition coefficient (Wildman–Crippen LogP) is 4.98. The van der Waals surface area contributed by atoms with E-state index in [4.69, 9.17) is 18.9 Å². The Morgan fingerprint density at radius 3 is 2.17 bits per heavy atom. The maximum atomic E-state index is 13.5. The van der Waals surface area contributed by atoms with Gasteiger partial charge in [-0.1, -0.05) is 36.4 Å². The molecule has 0 bridgehead atoms. The topological polar surface area (TPSA) is 40.2 Å². The van der Waals surface area contributed by atoms with Crippen LogP contribution in [0.2, 0.25) is 0 Å². The van der Waals surface area contributed by atoms with E-state index < -0.39 is 11.6 Å². The van der Waals surface area contributed by atoms with Crippen molar-refractivity contribution in [3.8, 4) is 0 Å². The maximum absolute atomic E-state index is 13.5. The Kier molecular flexibility index (Phi) is 6.67. The fraction of sp³-hybridized carbons (Fsp3) is 0.586. The molecular weight excluding hydrogens is 445 g/mol. The summed E-state index contributed by atoms with van der Waals surface area (Å²) in [5, 5.41) is 0. The van der Waals surface area contributed by atoms with E-state index in [0.717, 1.165) is 57.3 Å². The molecule has 188 valence electrons. The molecule has 1 unspecified atom stereocenters. The van der Waals surface area contributed by atoms with Gasteiger partial charge in [0.05, 0.1) is 26.4 Å². The summed E-state index contributed by atoms with van der Waals surface area (Å²) in [6.07, 6.45) is 6.47. The third-order valence-corrected chi connectivity index (χ3v) is 8.53. The highest BCUT2D eigenvalue weighted by Crippen LogP contribution is 2.47. The first-order valence-electron chi connectivity index (χ1n) is 13.3. The van der Waals surface area contributed by atoms with Gasteiger partial charge in [-0.3, -0.25) is 0 Å². The second kappa shape index (κ2) is 9.91. The molecule has 2 aromatic rings. The molecule has 1 aliphatic carbocycles. The first-order chi connectivity index (χ1) is 17.2. The monoisotopic (exact) mass is 481 g/mol. The van der Waals surface area contributed by atoms with Crippen molar-refractivity contribution in [1.29, 1.82) is 0 Å². The molecule has 0 radical (unpaired) electrons. The van der Waals surface area contributed by atoms with Gasteiger partial charge in [-0.15, -0.1) is 0 Å². The van der Waals surface area contributed by atoms with E-state index in [1.165, 1.54) is 29.7 Å². The number of benzene rings is 2. The molecule has 6 heteroatoms. The molecule has 0 saturated carbocycles. The second-order valence-electron chi connectivity index (χ2n) is 10.4. The lowest BCUT2D eigenvalue weighted by molar-refractivity contribution is -0.216. The predicted molar refractivity (Wildman–Crippen MR) is 130 cm³/mol. The lowest BCUT2D eigenvalue weighted by Crippen LogP contribution is -2.45. The van der Waals surface area contributed by atoms with Gasteiger partial charge in [0, 0.05) is 23.0 Å². The minimum Gasteiger partial charge on any atom is -0.343 e. The van der Waals surface area contributed by atoms with Crippen LogP contribution in [0.1, 0.15) is 48.8 Å². The highest BCUT2D eigenvalue weighted by atomic mass is 19.1. The maximum Gasteiger partial charge on any atom is 0.198 e. The molecule has 0 aromatic heterocycles. The van der Waals surface area contributed by atoms with E-state index >= 15 is 0 Å². The van der Waals surface area contributed by atoms with Crippen LogP contribution in [0.5, 0.6) is 0 Å². The lowest BCUT2D eigenvalue weighted by atomic mass is 9.83. The number of ether oxygens (including phenoxy) is 4. The molecule has 1 spiro atoms. The highest BCUT2D eigenvalue weighted by Gasteiger charge is 2.49. The highest BCUT2D eigenvalue weighted by molar-refractivity contribution is 5.33. The Hall–Kier alpha value is -1.83. The van der Waals surface area contributed by atoms with Crippen molar-refractivity contribution >= 4 is 0 Å². The van der Waals surface area contributed by atoms with E-state index in [1.54, 1.807) is 0 Å². The Bertz CT molecular complexity index is 992. The number of hydrogen-bond donors (Lipinski definition) is 0. The van der Waals surface area contributed by atoms with Gasteiger partial charge in [0.2, 0.25) is 0 Å². The van der Waals surface area contributed by atoms with Crippen LogP contribution >= 0.6 is 0 Å². The molecule has 2 aromatic carbocycles. The summed E-state index contributed by atoms with van der Waals surface area (Å²) in [4.78, 5) is 2.57. The first kappa shape index (κ1) is 23.6. The summed E-state index contributed by atoms with van der Waals surface area (Å²) < 4.78 is 38.8. The normalized spacial score (nSPS) is 26.6. The molecule has 35 heavy (non-hydrogen) atoms. The standard InChI is InChI=1S/C29H36FNO4/c30-26-10-8-24(9-11-26)28(32-18-19-33-28)25-13-16-31(17-14-25)15-12-23-6-3-5-22-4-1-2-7-27(22)29(23)34-20-21-35-29/h1-2,4,7-11,23,25H,3,5-6,12-21H2. The largest absolute Gasteiger partial charge is 0.343 e. The van der Waals surface area contributed by atoms with Gasteiger partial charge in [0.25, 0.3) is 0 Å². The van der Waals surface area contributed by atoms with Crippen LogP contribution < -0.4 is 0 Å². The van der Waals surface area contributed by atoms with E-state index in [0.29, 0.717) is 32.3 Å². The van der Waals surface area contributed by atoms with Crippen molar-refractivity contribution in [2.45, 2.75) is 50.1 Å². The zero-order valence-electron chi connectivity index (χ0n) is 20.4. The molecular formula is C29H36FNO4. The molecule has 3 heterocycles. The quantitative estimate of drug-likeness (QED) is 0.603. The Morgan fingerprint density at radius 2 is 1.46 bits per heavy atom. The fourth-order valence-electron chi connectivity index (χ4n) is 6.80. The van der Waals surface area contributed by atoms with Crippen LogP contribution in [0.15, 0.2) is 48.5 Å². The van der Waals surface area contributed by atoms with E-state index in [-0.39, 0.29) is 11.7 Å². The van der Waals surface area contributed by atoms with Crippen LogP contribution in [0.25, 0.3) is 0 Å². The smallest absolute Gasteiger partial charge is 0.198 e. The zero-order chi connectivity index (χ0) is 23.7. The zero-order valence-corrected chi connectivity index (χ0v) is 20.4. The van der Waals surface area contributed by atoms with Gasteiger partial charge in [0.15, 0.2) is 11.6 Å². The summed E-state index contributed by atoms with van der Waals surface area (Å²) in [5.41, 5.74) is 3.56. The Labute approximate surface area is 207 Å². The number of piperidine rings is 1. The SMILES string of the molecule is Fc1ccc(C2(C3CCN(CCC4CCCc5ccccc5C45OCCO5)CC3)OCCO2)cc1. The van der Waals surface area contributed by atoms with E-state index in [9.17, 15) is 4.39 Å². The number of fused-ring (bicyclic) bond motifs is 2. The van der Waals surface area contributed by atoms with Crippen molar-refractivity contribution < 1.29 is 23.3 Å². The van der Waals surface area contributed by atoms with Gasteiger partial charge in [0.1, 0.15) is 5.82 Å². The Morgan fingerprint density at radius 1 is 0.800 bits per heavy atom. The van der Waals surface area contributed by atoms with Gasteiger partial charge < -0.3 is 23.8 Å². The summed E-state index contributed by atoms with van der Waals surface area (Å²) in [7, 11) is 0. The lowest BCUT2D eigenvalue weighted by Gasteiger charge is -2.42. The van der Waals surface area contributed by atoms with Crippen molar-refractivity contribution in [3.05, 3.63) is 71.0 Å². The molecule has 1 atom stereocenters. The molecule has 0 amide bonds. The number of rotatable bonds is 5. The van der Waals surface area contributed by atoms with Crippen molar-refractivity contribution in [2.24, 2.45) is 11.8 Å². The average molecular weight is 482 g/mol. The van der Waals surface area contributed by atoms with Crippen LogP contribution in [0, 0.1) is 17.7 Å². The second-order valence-corrected chi connectivity index (χ2v) is 10.4. The minimum atomic E-state index is -0.736. The summed E-state index contributed by atoms with van der Waals surface area (Å²) in [6, 6.07) is 15.3. The van der Waals surface area contributed by atoms with Crippen LogP contribution in [0.3, 0.4) is 0 Å². The number of hydrogen-bond acceptors (Lipinski definition) is 5. The minimum absolute atomic E-state index is 0.231. The van der Waals surface area contributed by atoms with Crippen LogP contribution in [-0.2, 0) is 36.9 Å². The molecule has 3 aliphatic heterocycles. The summed E-state index contributed by atoms with van der Waals surface area (Å²) in [6.45, 7) is 5.57. The van der Waals surface area contributed by atoms with Crippen molar-refractivity contribution in [2.75, 3.05) is 46.1 Å². The van der Waals surface area contributed by atoms with E-state index in [1.807, 2.05) is 12.1 Å². The molecule has 3 saturated heterocycles. The molecule has 4 aliphatic rings. The van der Waals surface area contributed by atoms with Gasteiger partial charge in [-0.05, 0) is 75.9 Å². The molecule has 6 rings (SSSR count). The number of aryl methyl sites for hydroxylation is 1.